The molecule has 2 aliphatic heterocycles. The summed E-state index contributed by atoms with van der Waals surface area (Å²) in [4.78, 5) is 71.7. The molecule has 2 fully saturated rings. The number of aliphatic hydroxyl groups excluding tert-OH is 4. The topological polar surface area (TPSA) is 399 Å². The molecule has 2 aliphatic rings. The number of hydrogen-bond acceptors (Lipinski definition) is 19. The number of pyridine rings is 1. The number of hydrogen-bond donors (Lipinski definition) is 9. The largest absolute Gasteiger partial charge is 0.481 e. The number of phosphoric acid groups is 2. The van der Waals surface area contributed by atoms with E-state index in [0.29, 0.717) is 57.6 Å². The minimum absolute atomic E-state index is 0. The highest BCUT2D eigenvalue weighted by molar-refractivity contribution is 7.61. The highest BCUT2D eigenvalue weighted by atomic mass is 31.3. The molecular formula is C38H60N11O16P2+. The van der Waals surface area contributed by atoms with Crippen molar-refractivity contribution in [1.82, 2.24) is 24.8 Å². The average molecular weight is 989 g/mol. The number of ether oxygens (including phenoxy) is 2. The van der Waals surface area contributed by atoms with Crippen molar-refractivity contribution in [1.29, 1.82) is 0 Å². The third kappa shape index (κ3) is 16.3. The lowest BCUT2D eigenvalue weighted by molar-refractivity contribution is -0.765. The smallest absolute Gasteiger partial charge is 0.387 e. The number of amides is 2. The molecule has 29 heteroatoms. The van der Waals surface area contributed by atoms with E-state index >= 15 is 0 Å². The molecular weight excluding hydrogens is 928 g/mol. The van der Waals surface area contributed by atoms with Gasteiger partial charge in [-0.15, -0.1) is 0 Å². The van der Waals surface area contributed by atoms with E-state index in [9.17, 15) is 53.7 Å². The van der Waals surface area contributed by atoms with Crippen LogP contribution < -0.4 is 20.9 Å². The van der Waals surface area contributed by atoms with Crippen LogP contribution in [0.3, 0.4) is 0 Å². The molecule has 0 bridgehead atoms. The molecule has 67 heavy (non-hydrogen) atoms. The second kappa shape index (κ2) is 26.3. The van der Waals surface area contributed by atoms with Gasteiger partial charge in [0, 0.05) is 49.9 Å². The zero-order chi connectivity index (χ0) is 47.9. The second-order valence-electron chi connectivity index (χ2n) is 15.5. The average Bonchev–Trinajstić information content (AvgIpc) is 3.93. The first-order valence-electron chi connectivity index (χ1n) is 21.2. The molecule has 27 nitrogen and oxygen atoms in total. The molecule has 2 amide bonds. The first-order chi connectivity index (χ1) is 31.5. The van der Waals surface area contributed by atoms with Crippen LogP contribution in [0.1, 0.15) is 101 Å². The number of carbonyl (C=O) groups excluding carboxylic acids is 3. The Balaban J connectivity index is 0.00000980. The van der Waals surface area contributed by atoms with Crippen LogP contribution in [0.4, 0.5) is 5.82 Å². The number of primary amides is 1. The van der Waals surface area contributed by atoms with Crippen LogP contribution >= 0.6 is 15.6 Å². The normalized spacial score (nSPS) is 24.3. The monoisotopic (exact) mass is 988 g/mol. The molecule has 0 spiro atoms. The van der Waals surface area contributed by atoms with Crippen LogP contribution in [0.5, 0.6) is 0 Å². The van der Waals surface area contributed by atoms with Gasteiger partial charge < -0.3 is 56.1 Å². The number of aliphatic hydroxyl groups is 4. The molecule has 0 aromatic carbocycles. The Hall–Kier alpha value is -4.56. The summed E-state index contributed by atoms with van der Waals surface area (Å²) in [5.74, 6) is -0.302. The Labute approximate surface area is 384 Å². The van der Waals surface area contributed by atoms with E-state index in [2.05, 4.69) is 39.9 Å². The maximum absolute atomic E-state index is 12.7. The number of nitrogens with zero attached hydrogens (tertiary/aromatic N) is 8. The van der Waals surface area contributed by atoms with Gasteiger partial charge in [0.25, 0.3) is 12.1 Å². The number of fused-ring (bicyclic) bond motifs is 1. The van der Waals surface area contributed by atoms with Gasteiger partial charge in [0.1, 0.15) is 48.2 Å². The minimum atomic E-state index is -5.44. The van der Waals surface area contributed by atoms with Crippen molar-refractivity contribution >= 4 is 50.2 Å². The molecule has 372 valence electrons. The summed E-state index contributed by atoms with van der Waals surface area (Å²) in [6.45, 7) is -0.615. The van der Waals surface area contributed by atoms with Gasteiger partial charge in [-0.05, 0) is 43.7 Å². The van der Waals surface area contributed by atoms with Crippen LogP contribution in [-0.2, 0) is 41.6 Å². The lowest BCUT2D eigenvalue weighted by Crippen LogP contribution is -2.46. The number of carbonyl (C=O) groups is 3. The van der Waals surface area contributed by atoms with E-state index in [1.807, 2.05) is 0 Å². The van der Waals surface area contributed by atoms with Gasteiger partial charge in [-0.25, -0.2) is 24.1 Å². The zero-order valence-electron chi connectivity index (χ0n) is 35.7. The maximum Gasteiger partial charge on any atom is 0.481 e. The molecule has 10 atom stereocenters. The van der Waals surface area contributed by atoms with Crippen molar-refractivity contribution in [3.63, 3.8) is 0 Å². The Bertz CT molecular complexity index is 2250. The van der Waals surface area contributed by atoms with Crippen LogP contribution in [0, 0.1) is 0 Å². The van der Waals surface area contributed by atoms with E-state index < -0.39 is 83.8 Å². The molecule has 3 aromatic rings. The number of imidazole rings is 1. The number of ketones is 1. The Kier molecular flexibility index (Phi) is 21.6. The summed E-state index contributed by atoms with van der Waals surface area (Å²) < 4.78 is 53.0. The number of Topliss-reactive ketones (excluding diaryl/α,β-unsaturated/α-hetero) is 1. The van der Waals surface area contributed by atoms with Crippen molar-refractivity contribution in [3.05, 3.63) is 53.2 Å². The summed E-state index contributed by atoms with van der Waals surface area (Å²) in [7, 11) is -10.9. The predicted molar refractivity (Wildman–Crippen MR) is 233 cm³/mol. The number of azide groups is 1. The molecule has 2 unspecified atom stereocenters. The summed E-state index contributed by atoms with van der Waals surface area (Å²) in [6.07, 6.45) is 0.557. The zero-order valence-corrected chi connectivity index (χ0v) is 37.5. The van der Waals surface area contributed by atoms with Crippen molar-refractivity contribution < 1.29 is 81.1 Å². The van der Waals surface area contributed by atoms with Gasteiger partial charge in [0.15, 0.2) is 41.7 Å². The SMILES string of the molecule is C.[N-]=[N+]=NCCCCCC(=O)CCCCCCC(=O)NCCCNc1ncnc2c1ncn2[C@@H]1O[C@H](COP(=O)(O)OP(=O)(O)OC[C@H]2O[C@@H]([n+]3cccc(C(N)=O)c3)[C@H](O)[C@@H]2O)[C@@H](O)[C@H]1O. The first kappa shape index (κ1) is 55.0. The van der Waals surface area contributed by atoms with Gasteiger partial charge >= 0.3 is 15.6 Å². The molecule has 5 rings (SSSR count). The fourth-order valence-electron chi connectivity index (χ4n) is 7.11. The van der Waals surface area contributed by atoms with Crippen molar-refractivity contribution in [2.24, 2.45) is 10.8 Å². The third-order valence-corrected chi connectivity index (χ3v) is 13.2. The number of anilines is 1. The fraction of sp³-hybridized carbons (Fsp3) is 0.658. The maximum atomic E-state index is 12.7. The molecule has 10 N–H and O–H groups in total. The minimum Gasteiger partial charge on any atom is -0.387 e. The van der Waals surface area contributed by atoms with Crippen LogP contribution in [0.15, 0.2) is 42.3 Å². The number of rotatable bonds is 29. The van der Waals surface area contributed by atoms with Crippen molar-refractivity contribution in [2.45, 2.75) is 127 Å². The van der Waals surface area contributed by atoms with Gasteiger partial charge in [-0.3, -0.25) is 28.0 Å². The third-order valence-electron chi connectivity index (χ3n) is 10.6. The summed E-state index contributed by atoms with van der Waals surface area (Å²) in [5, 5.41) is 52.0. The highest BCUT2D eigenvalue weighted by Crippen LogP contribution is 2.60. The van der Waals surface area contributed by atoms with E-state index in [1.165, 1.54) is 46.3 Å². The van der Waals surface area contributed by atoms with E-state index in [4.69, 9.17) is 29.8 Å². The number of aromatic nitrogens is 5. The van der Waals surface area contributed by atoms with E-state index in [1.54, 1.807) is 0 Å². The summed E-state index contributed by atoms with van der Waals surface area (Å²) in [5.41, 5.74) is 14.1. The number of unbranched alkanes of at least 4 members (excludes halogenated alkanes) is 5. The first-order valence-corrected chi connectivity index (χ1v) is 24.2. The van der Waals surface area contributed by atoms with E-state index in [0.717, 1.165) is 38.5 Å². The van der Waals surface area contributed by atoms with Gasteiger partial charge in [-0.2, -0.15) is 8.88 Å². The van der Waals surface area contributed by atoms with Gasteiger partial charge in [-0.1, -0.05) is 31.8 Å². The molecule has 2 saturated heterocycles. The second-order valence-corrected chi connectivity index (χ2v) is 18.5. The van der Waals surface area contributed by atoms with Crippen LogP contribution in [0.2, 0.25) is 0 Å². The summed E-state index contributed by atoms with van der Waals surface area (Å²) in [6, 6.07) is 2.83. The Morgan fingerprint density at radius 1 is 0.866 bits per heavy atom. The summed E-state index contributed by atoms with van der Waals surface area (Å²) >= 11 is 0. The predicted octanol–water partition coefficient (Wildman–Crippen LogP) is 1.74. The van der Waals surface area contributed by atoms with Crippen molar-refractivity contribution in [3.8, 4) is 0 Å². The number of nitrogens with one attached hydrogen (secondary N) is 2. The molecule has 5 heterocycles. The van der Waals surface area contributed by atoms with Crippen molar-refractivity contribution in [2.75, 3.05) is 38.2 Å². The van der Waals surface area contributed by atoms with Crippen LogP contribution in [0.25, 0.3) is 21.6 Å². The lowest BCUT2D eigenvalue weighted by Gasteiger charge is -2.20. The molecule has 0 saturated carbocycles. The Morgan fingerprint density at radius 3 is 2.18 bits per heavy atom. The van der Waals surface area contributed by atoms with Gasteiger partial charge in [0.2, 0.25) is 5.91 Å². The number of nitrogens with two attached hydrogens (primary N) is 1. The van der Waals surface area contributed by atoms with Gasteiger partial charge in [0.05, 0.1) is 19.5 Å². The molecule has 0 radical (unpaired) electrons. The standard InChI is InChI=1S/C37H55N11O16P2.CH4/c38-33(55)23-10-8-17-47(18-23)36-31(53)29(51)25(62-36)19-60-65(56,57)64-66(58,59)61-20-26-30(52)32(54)37(63-26)48-22-44-28-34(42-21-43-35(28)48)41-15-9-14-40-27(50)13-6-2-1-4-11-24(49)12-5-3-7-16-45-46-39;/h8,10,17-18,21-22,25-26,29-32,36-37,51-54H,1-7,9,11-16,19-20H2,(H5-,38,40,41,42,43,50,55,56,57,58,59);1H4/p+1/t25-,26-,29-,30-,31-,32-,36-,37-;/m1./s1. The molecule has 0 aliphatic carbocycles. The lowest BCUT2D eigenvalue weighted by atomic mass is 10.0. The highest BCUT2D eigenvalue weighted by Gasteiger charge is 2.50. The molecule has 3 aromatic heterocycles. The quantitative estimate of drug-likeness (QED) is 0.0119. The number of phosphoric ester groups is 2. The Morgan fingerprint density at radius 2 is 1.51 bits per heavy atom. The van der Waals surface area contributed by atoms with Crippen LogP contribution in [-0.4, -0.2) is 137 Å². The van der Waals surface area contributed by atoms with E-state index in [-0.39, 0.29) is 35.8 Å². The fourth-order valence-corrected chi connectivity index (χ4v) is 9.20.